The van der Waals surface area contributed by atoms with E-state index in [0.29, 0.717) is 5.92 Å². The molecule has 0 heterocycles. The average Bonchev–Trinajstić information content (AvgIpc) is 2.31. The predicted molar refractivity (Wildman–Crippen MR) is 66.4 cm³/mol. The molecule has 0 aliphatic heterocycles. The number of aliphatic carboxylic acids is 1. The van der Waals surface area contributed by atoms with Crippen molar-refractivity contribution in [3.8, 4) is 0 Å². The minimum absolute atomic E-state index is 0.495. The first-order valence-corrected chi connectivity index (χ1v) is 6.70. The molecule has 16 heavy (non-hydrogen) atoms. The lowest BCUT2D eigenvalue weighted by Crippen LogP contribution is -1.98. The third-order valence-corrected chi connectivity index (χ3v) is 3.41. The van der Waals surface area contributed by atoms with E-state index < -0.39 is 5.97 Å². The molecule has 0 aromatic heterocycles. The Morgan fingerprint density at radius 1 is 0.875 bits per heavy atom. The first-order chi connectivity index (χ1) is 7.79. The Labute approximate surface area is 98.7 Å². The number of carboxylic acids is 1. The second-order valence-corrected chi connectivity index (χ2v) is 4.86. The van der Waals surface area contributed by atoms with Crippen LogP contribution in [0.25, 0.3) is 0 Å². The molecule has 1 rings (SSSR count). The Hall–Kier alpha value is -0.790. The van der Waals surface area contributed by atoms with Crippen molar-refractivity contribution in [3.05, 3.63) is 12.2 Å². The van der Waals surface area contributed by atoms with Gasteiger partial charge in [-0.2, -0.15) is 0 Å². The number of hydrogen-bond acceptors (Lipinski definition) is 1. The fourth-order valence-corrected chi connectivity index (χ4v) is 2.43. The molecule has 0 amide bonds. The van der Waals surface area contributed by atoms with Gasteiger partial charge in [-0.3, -0.25) is 0 Å². The molecule has 2 nitrogen and oxygen atoms in total. The van der Waals surface area contributed by atoms with E-state index >= 15 is 0 Å². The van der Waals surface area contributed by atoms with Crippen LogP contribution in [0.2, 0.25) is 0 Å². The molecule has 0 atom stereocenters. The van der Waals surface area contributed by atoms with Crippen LogP contribution in [-0.4, -0.2) is 11.1 Å². The highest BCUT2D eigenvalue weighted by Gasteiger charge is 2.06. The predicted octanol–water partition coefficient (Wildman–Crippen LogP) is 4.16. The van der Waals surface area contributed by atoms with Crippen LogP contribution >= 0.6 is 0 Å². The molecule has 92 valence electrons. The number of hydrogen-bond donors (Lipinski definition) is 1. The monoisotopic (exact) mass is 224 g/mol. The zero-order chi connectivity index (χ0) is 11.6. The molecule has 0 saturated heterocycles. The molecule has 0 unspecified atom stereocenters. The maximum Gasteiger partial charge on any atom is 0.327 e. The van der Waals surface area contributed by atoms with Crippen LogP contribution in [0.3, 0.4) is 0 Å². The van der Waals surface area contributed by atoms with Gasteiger partial charge in [0.25, 0.3) is 0 Å². The van der Waals surface area contributed by atoms with Gasteiger partial charge in [0.05, 0.1) is 0 Å². The number of rotatable bonds is 2. The highest BCUT2D eigenvalue weighted by Crippen LogP contribution is 2.22. The summed E-state index contributed by atoms with van der Waals surface area (Å²) in [5.41, 5.74) is 0. The maximum atomic E-state index is 10.5. The second kappa shape index (κ2) is 8.37. The first-order valence-electron chi connectivity index (χ1n) is 6.70. The molecule has 1 saturated carbocycles. The molecule has 1 aliphatic carbocycles. The molecular weight excluding hydrogens is 200 g/mol. The maximum absolute atomic E-state index is 10.5. The molecule has 1 N–H and O–H groups in total. The molecule has 0 radical (unpaired) electrons. The van der Waals surface area contributed by atoms with Crippen LogP contribution in [-0.2, 0) is 4.79 Å². The van der Waals surface area contributed by atoms with E-state index in [9.17, 15) is 4.79 Å². The molecular formula is C14H24O2. The topological polar surface area (TPSA) is 37.3 Å². The Kier molecular flexibility index (Phi) is 6.95. The van der Waals surface area contributed by atoms with Crippen molar-refractivity contribution in [2.75, 3.05) is 0 Å². The van der Waals surface area contributed by atoms with Crippen molar-refractivity contribution in [1.29, 1.82) is 0 Å². The van der Waals surface area contributed by atoms with Gasteiger partial charge in [-0.25, -0.2) is 4.79 Å². The molecule has 1 aliphatic rings. The summed E-state index contributed by atoms with van der Waals surface area (Å²) < 4.78 is 0. The van der Waals surface area contributed by atoms with E-state index in [4.69, 9.17) is 5.11 Å². The number of carbonyl (C=O) groups is 1. The van der Waals surface area contributed by atoms with Crippen LogP contribution in [0.1, 0.15) is 64.2 Å². The van der Waals surface area contributed by atoms with Gasteiger partial charge in [-0.1, -0.05) is 57.4 Å². The van der Waals surface area contributed by atoms with Gasteiger partial charge in [0, 0.05) is 6.08 Å². The summed E-state index contributed by atoms with van der Waals surface area (Å²) in [5, 5.41) is 8.63. The molecule has 0 aromatic carbocycles. The highest BCUT2D eigenvalue weighted by atomic mass is 16.4. The zero-order valence-electron chi connectivity index (χ0n) is 10.2. The minimum Gasteiger partial charge on any atom is -0.478 e. The summed E-state index contributed by atoms with van der Waals surface area (Å²) in [4.78, 5) is 10.5. The Bertz CT molecular complexity index is 209. The number of carboxylic acid groups (broad SMARTS) is 1. The van der Waals surface area contributed by atoms with Gasteiger partial charge in [0.15, 0.2) is 0 Å². The molecule has 0 spiro atoms. The Balaban J connectivity index is 2.35. The third kappa shape index (κ3) is 6.65. The quantitative estimate of drug-likeness (QED) is 0.715. The second-order valence-electron chi connectivity index (χ2n) is 4.86. The van der Waals surface area contributed by atoms with E-state index in [1.54, 1.807) is 0 Å². The molecule has 2 heteroatoms. The van der Waals surface area contributed by atoms with Gasteiger partial charge < -0.3 is 5.11 Å². The van der Waals surface area contributed by atoms with Crippen molar-refractivity contribution < 1.29 is 9.90 Å². The van der Waals surface area contributed by atoms with Crippen molar-refractivity contribution in [1.82, 2.24) is 0 Å². The van der Waals surface area contributed by atoms with Crippen LogP contribution in [0.15, 0.2) is 12.2 Å². The highest BCUT2D eigenvalue weighted by molar-refractivity contribution is 5.79. The van der Waals surface area contributed by atoms with Crippen LogP contribution < -0.4 is 0 Å². The summed E-state index contributed by atoms with van der Waals surface area (Å²) in [5.74, 6) is -0.316. The average molecular weight is 224 g/mol. The summed E-state index contributed by atoms with van der Waals surface area (Å²) >= 11 is 0. The van der Waals surface area contributed by atoms with Crippen molar-refractivity contribution >= 4 is 5.97 Å². The van der Waals surface area contributed by atoms with E-state index in [1.807, 2.05) is 6.08 Å². The Morgan fingerprint density at radius 3 is 1.75 bits per heavy atom. The van der Waals surface area contributed by atoms with E-state index in [1.165, 1.54) is 70.3 Å². The minimum atomic E-state index is -0.811. The van der Waals surface area contributed by atoms with Gasteiger partial charge in [-0.05, 0) is 18.8 Å². The fraction of sp³-hybridized carbons (Fsp3) is 0.786. The summed E-state index contributed by atoms with van der Waals surface area (Å²) in [7, 11) is 0. The first kappa shape index (κ1) is 13.3. The normalized spacial score (nSPS) is 21.8. The molecule has 0 bridgehead atoms. The van der Waals surface area contributed by atoms with Crippen LogP contribution in [0.5, 0.6) is 0 Å². The van der Waals surface area contributed by atoms with Gasteiger partial charge in [0.2, 0.25) is 0 Å². The Morgan fingerprint density at radius 2 is 1.31 bits per heavy atom. The third-order valence-electron chi connectivity index (χ3n) is 3.41. The van der Waals surface area contributed by atoms with Crippen molar-refractivity contribution in [3.63, 3.8) is 0 Å². The number of allylic oxidation sites excluding steroid dienone is 1. The summed E-state index contributed by atoms with van der Waals surface area (Å²) in [6.07, 6.45) is 16.2. The molecule has 1 fully saturated rings. The van der Waals surface area contributed by atoms with E-state index in [0.717, 1.165) is 0 Å². The van der Waals surface area contributed by atoms with Gasteiger partial charge in [-0.15, -0.1) is 0 Å². The molecule has 0 aromatic rings. The van der Waals surface area contributed by atoms with Crippen LogP contribution in [0.4, 0.5) is 0 Å². The SMILES string of the molecule is O=C(O)/C=C/C1CCCCCCCCCC1. The van der Waals surface area contributed by atoms with Crippen molar-refractivity contribution in [2.45, 2.75) is 64.2 Å². The smallest absolute Gasteiger partial charge is 0.327 e. The lowest BCUT2D eigenvalue weighted by atomic mass is 9.95. The van der Waals surface area contributed by atoms with Crippen molar-refractivity contribution in [2.24, 2.45) is 5.92 Å². The van der Waals surface area contributed by atoms with Crippen LogP contribution in [0, 0.1) is 5.92 Å². The fourth-order valence-electron chi connectivity index (χ4n) is 2.43. The van der Waals surface area contributed by atoms with E-state index in [-0.39, 0.29) is 0 Å². The van der Waals surface area contributed by atoms with Gasteiger partial charge >= 0.3 is 5.97 Å². The lowest BCUT2D eigenvalue weighted by molar-refractivity contribution is -0.131. The largest absolute Gasteiger partial charge is 0.478 e. The summed E-state index contributed by atoms with van der Waals surface area (Å²) in [6, 6.07) is 0. The summed E-state index contributed by atoms with van der Waals surface area (Å²) in [6.45, 7) is 0. The standard InChI is InChI=1S/C14H24O2/c15-14(16)12-11-13-9-7-5-3-1-2-4-6-8-10-13/h11-13H,1-10H2,(H,15,16)/b12-11+. The zero-order valence-corrected chi connectivity index (χ0v) is 10.2. The lowest BCUT2D eigenvalue weighted by Gasteiger charge is -2.11. The van der Waals surface area contributed by atoms with E-state index in [2.05, 4.69) is 0 Å². The van der Waals surface area contributed by atoms with Gasteiger partial charge in [0.1, 0.15) is 0 Å².